The number of amides is 2. The molecule has 9 heteroatoms. The Bertz CT molecular complexity index is 854. The third kappa shape index (κ3) is 6.84. The van der Waals surface area contributed by atoms with E-state index in [1.165, 1.54) is 12.1 Å². The third-order valence-corrected chi connectivity index (χ3v) is 3.98. The summed E-state index contributed by atoms with van der Waals surface area (Å²) in [5.41, 5.74) is 5.46. The van der Waals surface area contributed by atoms with Crippen molar-refractivity contribution in [2.75, 3.05) is 6.61 Å². The van der Waals surface area contributed by atoms with Crippen molar-refractivity contribution in [1.29, 1.82) is 0 Å². The predicted octanol–water partition coefficient (Wildman–Crippen LogP) is 2.21. The van der Waals surface area contributed by atoms with E-state index in [0.29, 0.717) is 5.56 Å². The summed E-state index contributed by atoms with van der Waals surface area (Å²) in [5.74, 6) is -2.00. The Morgan fingerprint density at radius 1 is 1.00 bits per heavy atom. The highest BCUT2D eigenvalue weighted by molar-refractivity contribution is 9.10. The topological polar surface area (TPSA) is 125 Å². The molecule has 0 saturated heterocycles. The van der Waals surface area contributed by atoms with Crippen molar-refractivity contribution in [3.8, 4) is 5.75 Å². The Morgan fingerprint density at radius 3 is 2.25 bits per heavy atom. The number of carbonyl (C=O) groups is 4. The van der Waals surface area contributed by atoms with Crippen LogP contribution >= 0.6 is 15.9 Å². The second-order valence-corrected chi connectivity index (χ2v) is 6.52. The van der Waals surface area contributed by atoms with Crippen molar-refractivity contribution in [1.82, 2.24) is 5.32 Å². The lowest BCUT2D eigenvalue weighted by Crippen LogP contribution is -2.45. The van der Waals surface area contributed by atoms with Crippen LogP contribution in [0.3, 0.4) is 0 Å². The van der Waals surface area contributed by atoms with Gasteiger partial charge in [-0.1, -0.05) is 46.3 Å². The predicted molar refractivity (Wildman–Crippen MR) is 103 cm³/mol. The van der Waals surface area contributed by atoms with Gasteiger partial charge in [-0.05, 0) is 24.3 Å². The summed E-state index contributed by atoms with van der Waals surface area (Å²) in [7, 11) is 0. The minimum atomic E-state index is -1.38. The van der Waals surface area contributed by atoms with Crippen LogP contribution in [0.1, 0.15) is 16.8 Å². The molecule has 0 saturated carbocycles. The van der Waals surface area contributed by atoms with E-state index >= 15 is 0 Å². The van der Waals surface area contributed by atoms with Crippen LogP contribution in [0.15, 0.2) is 59.1 Å². The summed E-state index contributed by atoms with van der Waals surface area (Å²) < 4.78 is 10.7. The number of halogens is 1. The standard InChI is InChI=1S/C19H17BrN2O6/c20-13-8-6-12(7-9-13)16(23)11-27-18(25)15(10-17(21)24)22-19(26)28-14-4-2-1-3-5-14/h1-9,15H,10-11H2,(H2,21,24)(H,22,26)/t15-/m0/s1. The zero-order valence-corrected chi connectivity index (χ0v) is 16.2. The Labute approximate surface area is 169 Å². The van der Waals surface area contributed by atoms with Gasteiger partial charge in [-0.15, -0.1) is 0 Å². The molecule has 0 fully saturated rings. The van der Waals surface area contributed by atoms with Gasteiger partial charge < -0.3 is 20.5 Å². The summed E-state index contributed by atoms with van der Waals surface area (Å²) in [6.07, 6.45) is -1.47. The van der Waals surface area contributed by atoms with Gasteiger partial charge in [0.1, 0.15) is 11.8 Å². The van der Waals surface area contributed by atoms with Crippen molar-refractivity contribution in [2.24, 2.45) is 5.73 Å². The average molecular weight is 449 g/mol. The molecule has 2 amide bonds. The van der Waals surface area contributed by atoms with Crippen LogP contribution < -0.4 is 15.8 Å². The van der Waals surface area contributed by atoms with E-state index in [-0.39, 0.29) is 5.75 Å². The molecule has 3 N–H and O–H groups in total. The quantitative estimate of drug-likeness (QED) is 0.470. The Balaban J connectivity index is 1.94. The van der Waals surface area contributed by atoms with Crippen LogP contribution in [0.25, 0.3) is 0 Å². The fourth-order valence-electron chi connectivity index (χ4n) is 2.12. The highest BCUT2D eigenvalue weighted by Crippen LogP contribution is 2.11. The SMILES string of the molecule is NC(=O)C[C@H](NC(=O)Oc1ccccc1)C(=O)OCC(=O)c1ccc(Br)cc1. The molecule has 0 aliphatic carbocycles. The number of esters is 1. The Kier molecular flexibility index (Phi) is 7.70. The summed E-state index contributed by atoms with van der Waals surface area (Å²) >= 11 is 3.25. The van der Waals surface area contributed by atoms with Gasteiger partial charge in [-0.2, -0.15) is 0 Å². The number of ketones is 1. The minimum Gasteiger partial charge on any atom is -0.456 e. The second kappa shape index (κ2) is 10.2. The van der Waals surface area contributed by atoms with Gasteiger partial charge in [0.25, 0.3) is 0 Å². The number of rotatable bonds is 8. The van der Waals surface area contributed by atoms with Crippen LogP contribution in [-0.4, -0.2) is 36.4 Å². The smallest absolute Gasteiger partial charge is 0.413 e. The fourth-order valence-corrected chi connectivity index (χ4v) is 2.38. The molecule has 0 heterocycles. The van der Waals surface area contributed by atoms with Crippen molar-refractivity contribution in [3.05, 3.63) is 64.6 Å². The molecule has 0 radical (unpaired) electrons. The maximum Gasteiger partial charge on any atom is 0.413 e. The van der Waals surface area contributed by atoms with Crippen molar-refractivity contribution < 1.29 is 28.7 Å². The van der Waals surface area contributed by atoms with Gasteiger partial charge in [-0.3, -0.25) is 9.59 Å². The number of primary amides is 1. The first-order chi connectivity index (χ1) is 13.3. The highest BCUT2D eigenvalue weighted by atomic mass is 79.9. The molecule has 2 aromatic carbocycles. The number of ether oxygens (including phenoxy) is 2. The molecule has 8 nitrogen and oxygen atoms in total. The number of carbonyl (C=O) groups excluding carboxylic acids is 4. The lowest BCUT2D eigenvalue weighted by Gasteiger charge is -2.16. The molecule has 0 unspecified atom stereocenters. The fraction of sp³-hybridized carbons (Fsp3) is 0.158. The third-order valence-electron chi connectivity index (χ3n) is 3.45. The maximum atomic E-state index is 12.2. The van der Waals surface area contributed by atoms with Gasteiger partial charge in [-0.25, -0.2) is 9.59 Å². The normalized spacial score (nSPS) is 11.2. The summed E-state index contributed by atoms with van der Waals surface area (Å²) in [4.78, 5) is 47.4. The first-order valence-corrected chi connectivity index (χ1v) is 8.91. The van der Waals surface area contributed by atoms with E-state index < -0.39 is 42.8 Å². The average Bonchev–Trinajstić information content (AvgIpc) is 2.66. The molecule has 146 valence electrons. The van der Waals surface area contributed by atoms with E-state index in [2.05, 4.69) is 21.2 Å². The molecule has 2 aromatic rings. The van der Waals surface area contributed by atoms with E-state index in [4.69, 9.17) is 15.2 Å². The minimum absolute atomic E-state index is 0.247. The lowest BCUT2D eigenvalue weighted by molar-refractivity contribution is -0.146. The number of para-hydroxylation sites is 1. The van der Waals surface area contributed by atoms with E-state index in [0.717, 1.165) is 4.47 Å². The number of hydrogen-bond acceptors (Lipinski definition) is 6. The Morgan fingerprint density at radius 2 is 1.64 bits per heavy atom. The van der Waals surface area contributed by atoms with E-state index in [1.54, 1.807) is 42.5 Å². The van der Waals surface area contributed by atoms with Crippen LogP contribution in [0.4, 0.5) is 4.79 Å². The first kappa shape index (κ1) is 21.1. The van der Waals surface area contributed by atoms with Gasteiger partial charge in [0.05, 0.1) is 6.42 Å². The second-order valence-electron chi connectivity index (χ2n) is 5.61. The highest BCUT2D eigenvalue weighted by Gasteiger charge is 2.26. The maximum absolute atomic E-state index is 12.2. The Hall–Kier alpha value is -3.20. The largest absolute Gasteiger partial charge is 0.456 e. The molecule has 0 spiro atoms. The molecular formula is C19H17BrN2O6. The van der Waals surface area contributed by atoms with Crippen LogP contribution in [-0.2, 0) is 14.3 Å². The number of nitrogens with two attached hydrogens (primary N) is 1. The van der Waals surface area contributed by atoms with Crippen molar-refractivity contribution >= 4 is 39.7 Å². The molecule has 28 heavy (non-hydrogen) atoms. The number of nitrogens with one attached hydrogen (secondary N) is 1. The van der Waals surface area contributed by atoms with E-state index in [9.17, 15) is 19.2 Å². The summed E-state index contributed by atoms with van der Waals surface area (Å²) in [5, 5.41) is 2.21. The molecule has 2 rings (SSSR count). The van der Waals surface area contributed by atoms with Crippen molar-refractivity contribution in [2.45, 2.75) is 12.5 Å². The van der Waals surface area contributed by atoms with Gasteiger partial charge >= 0.3 is 12.1 Å². The van der Waals surface area contributed by atoms with Gasteiger partial charge in [0.2, 0.25) is 5.91 Å². The van der Waals surface area contributed by atoms with Crippen LogP contribution in [0.2, 0.25) is 0 Å². The number of hydrogen-bond donors (Lipinski definition) is 2. The van der Waals surface area contributed by atoms with Gasteiger partial charge in [0.15, 0.2) is 12.4 Å². The molecule has 0 aromatic heterocycles. The van der Waals surface area contributed by atoms with Crippen LogP contribution in [0, 0.1) is 0 Å². The summed E-state index contributed by atoms with van der Waals surface area (Å²) in [6, 6.07) is 13.2. The van der Waals surface area contributed by atoms with Gasteiger partial charge in [0, 0.05) is 10.0 Å². The lowest BCUT2D eigenvalue weighted by atomic mass is 10.1. The number of Topliss-reactive ketones (excluding diaryl/α,β-unsaturated/α-hetero) is 1. The van der Waals surface area contributed by atoms with Crippen molar-refractivity contribution in [3.63, 3.8) is 0 Å². The van der Waals surface area contributed by atoms with Crippen LogP contribution in [0.5, 0.6) is 5.75 Å². The molecule has 1 atom stereocenters. The van der Waals surface area contributed by atoms with E-state index in [1.807, 2.05) is 0 Å². The molecule has 0 aliphatic rings. The number of benzene rings is 2. The monoisotopic (exact) mass is 448 g/mol. The summed E-state index contributed by atoms with van der Waals surface area (Å²) in [6.45, 7) is -0.550. The molecule has 0 aliphatic heterocycles. The zero-order chi connectivity index (χ0) is 20.5. The first-order valence-electron chi connectivity index (χ1n) is 8.12. The zero-order valence-electron chi connectivity index (χ0n) is 14.6. The molecule has 0 bridgehead atoms. The molecular weight excluding hydrogens is 432 g/mol.